The normalized spacial score (nSPS) is 13.0. The van der Waals surface area contributed by atoms with Crippen molar-refractivity contribution in [2.24, 2.45) is 0 Å². The molecule has 1 saturated heterocycles. The Bertz CT molecular complexity index is 1190. The molecule has 1 fully saturated rings. The Hall–Kier alpha value is -3.74. The number of hydrogen-bond acceptors (Lipinski definition) is 10. The first-order valence-corrected chi connectivity index (χ1v) is 16.3. The number of hydrogen-bond donors (Lipinski definition) is 4. The quantitative estimate of drug-likeness (QED) is 0.103. The number of carbonyl (C=O) groups is 6. The number of likely N-dealkylation sites (tertiary alicyclic amines) is 1. The first-order valence-electron chi connectivity index (χ1n) is 16.3. The van der Waals surface area contributed by atoms with Gasteiger partial charge in [-0.25, -0.2) is 19.2 Å². The van der Waals surface area contributed by atoms with Gasteiger partial charge >= 0.3 is 24.1 Å². The number of amides is 4. The maximum absolute atomic E-state index is 12.5. The predicted molar refractivity (Wildman–Crippen MR) is 188 cm³/mol. The van der Waals surface area contributed by atoms with Gasteiger partial charge in [0, 0.05) is 53.7 Å². The second kappa shape index (κ2) is 26.1. The second-order valence-electron chi connectivity index (χ2n) is 12.9. The molecule has 51 heavy (non-hydrogen) atoms. The molecule has 1 aromatic rings. The molecule has 2 rings (SSSR count). The molecular weight excluding hydrogens is 759 g/mol. The zero-order chi connectivity index (χ0) is 37.8. The van der Waals surface area contributed by atoms with E-state index in [1.165, 1.54) is 0 Å². The van der Waals surface area contributed by atoms with Gasteiger partial charge < -0.3 is 52.3 Å². The molecule has 1 aliphatic heterocycles. The second-order valence-corrected chi connectivity index (χ2v) is 12.9. The van der Waals surface area contributed by atoms with Crippen molar-refractivity contribution in [1.82, 2.24) is 20.4 Å². The van der Waals surface area contributed by atoms with Gasteiger partial charge in [0.1, 0.15) is 29.9 Å². The molecule has 0 saturated carbocycles. The zero-order valence-electron chi connectivity index (χ0n) is 31.7. The van der Waals surface area contributed by atoms with Crippen LogP contribution in [0.5, 0.6) is 0 Å². The van der Waals surface area contributed by atoms with Crippen molar-refractivity contribution in [3.63, 3.8) is 0 Å². The standard InChI is InChI=1S/C20H30N2O5.C13H22N2O5.CH4O.CH3.Pd/c1-6-22(7-2)17(23)13-16(21-19(25)27-20(3,4)5)18(24)26-14-15-11-9-8-10-12-15;1-13(2,3)20-12(19)14-9(11(17)18)8-10(16)15-6-4-5-7-15;1-2;;/h8-12,16H,6-7,13-14H2,1-5H3,(H,21,25);9H,4-8H2,1-3H3,(H,14,19)(H,17,18);2H,1H3;1H3;/q;;;-1;. The third kappa shape index (κ3) is 23.4. The molecule has 1 heterocycles. The Morgan fingerprint density at radius 1 is 0.804 bits per heavy atom. The Morgan fingerprint density at radius 2 is 1.25 bits per heavy atom. The minimum atomic E-state index is -1.27. The minimum Gasteiger partial charge on any atom is -0.480 e. The summed E-state index contributed by atoms with van der Waals surface area (Å²) >= 11 is 0. The van der Waals surface area contributed by atoms with Crippen LogP contribution in [-0.4, -0.2) is 113 Å². The van der Waals surface area contributed by atoms with E-state index >= 15 is 0 Å². The molecule has 0 aromatic heterocycles. The number of alkyl carbamates (subject to hydrolysis) is 2. The Balaban J connectivity index is -0.000000859. The smallest absolute Gasteiger partial charge is 0.408 e. The number of esters is 1. The van der Waals surface area contributed by atoms with Gasteiger partial charge in [-0.1, -0.05) is 30.3 Å². The number of nitrogens with zero attached hydrogens (tertiary/aromatic N) is 2. The van der Waals surface area contributed by atoms with Crippen molar-refractivity contribution in [1.29, 1.82) is 0 Å². The number of aliphatic hydroxyl groups is 1. The molecule has 0 radical (unpaired) electrons. The average Bonchev–Trinajstić information content (AvgIpc) is 3.55. The summed E-state index contributed by atoms with van der Waals surface area (Å²) < 4.78 is 15.5. The van der Waals surface area contributed by atoms with E-state index in [4.69, 9.17) is 24.4 Å². The van der Waals surface area contributed by atoms with Crippen LogP contribution in [0.1, 0.15) is 86.6 Å². The van der Waals surface area contributed by atoms with E-state index in [-0.39, 0.29) is 59.1 Å². The van der Waals surface area contributed by atoms with Crippen molar-refractivity contribution >= 4 is 35.9 Å². The Kier molecular flexibility index (Phi) is 26.4. The zero-order valence-corrected chi connectivity index (χ0v) is 33.2. The number of ether oxygens (including phenoxy) is 3. The van der Waals surface area contributed by atoms with E-state index in [9.17, 15) is 28.8 Å². The van der Waals surface area contributed by atoms with E-state index in [0.29, 0.717) is 26.2 Å². The molecule has 2 unspecified atom stereocenters. The van der Waals surface area contributed by atoms with Crippen LogP contribution in [0.25, 0.3) is 0 Å². The van der Waals surface area contributed by atoms with Gasteiger partial charge in [-0.3, -0.25) is 9.59 Å². The fourth-order valence-electron chi connectivity index (χ4n) is 4.27. The topological polar surface area (TPSA) is 201 Å². The number of aliphatic hydroxyl groups excluding tert-OH is 1. The van der Waals surface area contributed by atoms with Crippen molar-refractivity contribution < 1.29 is 73.6 Å². The third-order valence-electron chi connectivity index (χ3n) is 6.52. The van der Waals surface area contributed by atoms with Crippen molar-refractivity contribution in [2.75, 3.05) is 33.3 Å². The number of nitrogens with one attached hydrogen (secondary N) is 2. The average molecular weight is 818 g/mol. The molecule has 296 valence electrons. The molecule has 1 aliphatic rings. The molecular formula is C35H59N4O11Pd-. The number of carboxylic acid groups (broad SMARTS) is 1. The van der Waals surface area contributed by atoms with Crippen LogP contribution >= 0.6 is 0 Å². The van der Waals surface area contributed by atoms with Crippen LogP contribution < -0.4 is 10.6 Å². The molecule has 1 aromatic carbocycles. The van der Waals surface area contributed by atoms with Crippen LogP contribution in [0.2, 0.25) is 0 Å². The largest absolute Gasteiger partial charge is 0.480 e. The fourth-order valence-corrected chi connectivity index (χ4v) is 4.27. The van der Waals surface area contributed by atoms with Crippen molar-refractivity contribution in [3.8, 4) is 0 Å². The first-order chi connectivity index (χ1) is 22.8. The summed E-state index contributed by atoms with van der Waals surface area (Å²) in [6, 6.07) is 6.80. The number of carbonyl (C=O) groups excluding carboxylic acids is 5. The molecule has 16 heteroatoms. The van der Waals surface area contributed by atoms with Gasteiger partial charge in [0.25, 0.3) is 0 Å². The van der Waals surface area contributed by atoms with Crippen LogP contribution in [-0.2, 0) is 60.4 Å². The summed E-state index contributed by atoms with van der Waals surface area (Å²) in [7, 11) is 1.00. The molecule has 15 nitrogen and oxygen atoms in total. The minimum absolute atomic E-state index is 0. The van der Waals surface area contributed by atoms with Crippen LogP contribution in [0, 0.1) is 7.43 Å². The molecule has 4 amide bonds. The van der Waals surface area contributed by atoms with Gasteiger partial charge in [0.05, 0.1) is 12.8 Å². The maximum atomic E-state index is 12.5. The molecule has 0 aliphatic carbocycles. The molecule has 0 spiro atoms. The number of carboxylic acids is 1. The van der Waals surface area contributed by atoms with Crippen LogP contribution in [0.4, 0.5) is 9.59 Å². The number of benzene rings is 1. The number of rotatable bonds is 12. The summed E-state index contributed by atoms with van der Waals surface area (Å²) in [5, 5.41) is 20.8. The van der Waals surface area contributed by atoms with E-state index < -0.39 is 47.4 Å². The maximum Gasteiger partial charge on any atom is 0.408 e. The van der Waals surface area contributed by atoms with Gasteiger partial charge in [-0.2, -0.15) is 0 Å². The summed E-state index contributed by atoms with van der Waals surface area (Å²) in [6.07, 6.45) is -0.176. The summed E-state index contributed by atoms with van der Waals surface area (Å²) in [5.41, 5.74) is -0.616. The molecule has 0 bridgehead atoms. The molecule has 4 N–H and O–H groups in total. The van der Waals surface area contributed by atoms with E-state index in [1.54, 1.807) is 51.3 Å². The predicted octanol–water partition coefficient (Wildman–Crippen LogP) is 3.91. The van der Waals surface area contributed by atoms with E-state index in [0.717, 1.165) is 25.5 Å². The van der Waals surface area contributed by atoms with Gasteiger partial charge in [0.15, 0.2) is 0 Å². The third-order valence-corrected chi connectivity index (χ3v) is 6.52. The van der Waals surface area contributed by atoms with Gasteiger partial charge in [0.2, 0.25) is 11.8 Å². The Labute approximate surface area is 316 Å². The SMILES string of the molecule is CC(C)(C)OC(=O)NC(CC(=O)N1CCCC1)C(=O)O.CCN(CC)C(=O)CC(NC(=O)OC(C)(C)C)C(=O)OCc1ccccc1.CO.[CH3-].[Pd]. The summed E-state index contributed by atoms with van der Waals surface area (Å²) in [5.74, 6) is -2.42. The summed E-state index contributed by atoms with van der Waals surface area (Å²) in [6.45, 7) is 16.3. The van der Waals surface area contributed by atoms with Crippen LogP contribution in [0.15, 0.2) is 30.3 Å². The van der Waals surface area contributed by atoms with Crippen molar-refractivity contribution in [3.05, 3.63) is 43.3 Å². The first kappa shape index (κ1) is 51.6. The summed E-state index contributed by atoms with van der Waals surface area (Å²) in [4.78, 5) is 74.7. The Morgan fingerprint density at radius 3 is 1.67 bits per heavy atom. The van der Waals surface area contributed by atoms with E-state index in [2.05, 4.69) is 10.6 Å². The van der Waals surface area contributed by atoms with Crippen molar-refractivity contribution in [2.45, 2.75) is 111 Å². The monoisotopic (exact) mass is 817 g/mol. The van der Waals surface area contributed by atoms with Gasteiger partial charge in [-0.05, 0) is 73.8 Å². The molecule has 2 atom stereocenters. The van der Waals surface area contributed by atoms with Gasteiger partial charge in [-0.15, -0.1) is 0 Å². The van der Waals surface area contributed by atoms with Crippen LogP contribution in [0.3, 0.4) is 0 Å². The van der Waals surface area contributed by atoms with E-state index in [1.807, 2.05) is 44.2 Å². The number of aliphatic carboxylic acids is 1. The fraction of sp³-hybridized carbons (Fsp3) is 0.629.